The number of rotatable bonds is 5. The van der Waals surface area contributed by atoms with Gasteiger partial charge < -0.3 is 4.90 Å². The van der Waals surface area contributed by atoms with Gasteiger partial charge in [0.15, 0.2) is 0 Å². The van der Waals surface area contributed by atoms with Crippen LogP contribution in [0.2, 0.25) is 0 Å². The lowest BCUT2D eigenvalue weighted by Crippen LogP contribution is -2.19. The maximum Gasteiger partial charge on any atom is 0.0465 e. The predicted octanol–water partition coefficient (Wildman–Crippen LogP) is 15.4. The van der Waals surface area contributed by atoms with Gasteiger partial charge in [0.25, 0.3) is 0 Å². The SMILES string of the molecule is CC1(C)c2ccccc2-c2ccc(N(c3ccc4c(c3)C(C)(C)c3cc(-c5ccccc5)ccc3-4)c3ccc4c(c3)C(C)(C)c3cc(-c5ccccc5)ccc3-4)cc21. The third kappa shape index (κ3) is 4.96. The number of hydrogen-bond donors (Lipinski definition) is 0. The molecule has 0 unspecified atom stereocenters. The van der Waals surface area contributed by atoms with Crippen molar-refractivity contribution in [1.82, 2.24) is 0 Å². The Kier molecular flexibility index (Phi) is 7.36. The molecule has 3 aliphatic carbocycles. The van der Waals surface area contributed by atoms with Crippen LogP contribution in [0.1, 0.15) is 74.9 Å². The number of nitrogens with zero attached hydrogens (tertiary/aromatic N) is 1. The Morgan fingerprint density at radius 2 is 0.569 bits per heavy atom. The van der Waals surface area contributed by atoms with E-state index in [4.69, 9.17) is 0 Å². The molecule has 0 heterocycles. The Hall–Kier alpha value is -6.44. The van der Waals surface area contributed by atoms with E-state index in [0.717, 1.165) is 0 Å². The van der Waals surface area contributed by atoms with Gasteiger partial charge in [-0.15, -0.1) is 0 Å². The molecule has 0 fully saturated rings. The van der Waals surface area contributed by atoms with E-state index in [-0.39, 0.29) is 16.2 Å². The lowest BCUT2D eigenvalue weighted by Gasteiger charge is -2.31. The van der Waals surface area contributed by atoms with E-state index in [2.05, 4.69) is 222 Å². The summed E-state index contributed by atoms with van der Waals surface area (Å²) in [5.74, 6) is 0. The van der Waals surface area contributed by atoms with Gasteiger partial charge in [0, 0.05) is 33.3 Å². The molecule has 8 aromatic rings. The Morgan fingerprint density at radius 1 is 0.259 bits per heavy atom. The molecule has 1 nitrogen and oxygen atoms in total. The molecule has 8 aromatic carbocycles. The minimum absolute atomic E-state index is 0.107. The van der Waals surface area contributed by atoms with E-state index in [9.17, 15) is 0 Å². The van der Waals surface area contributed by atoms with Crippen LogP contribution in [0.5, 0.6) is 0 Å². The second kappa shape index (κ2) is 12.3. The van der Waals surface area contributed by atoms with Crippen LogP contribution in [0.15, 0.2) is 176 Å². The zero-order valence-corrected chi connectivity index (χ0v) is 34.2. The zero-order valence-electron chi connectivity index (χ0n) is 34.2. The summed E-state index contributed by atoms with van der Waals surface area (Å²) < 4.78 is 0. The first-order valence-corrected chi connectivity index (χ1v) is 20.8. The minimum atomic E-state index is -0.170. The molecule has 0 radical (unpaired) electrons. The van der Waals surface area contributed by atoms with Crippen molar-refractivity contribution in [2.24, 2.45) is 0 Å². The Bertz CT molecular complexity index is 2810. The molecular formula is C57H47N. The monoisotopic (exact) mass is 745 g/mol. The van der Waals surface area contributed by atoms with E-state index >= 15 is 0 Å². The van der Waals surface area contributed by atoms with E-state index < -0.39 is 0 Å². The smallest absolute Gasteiger partial charge is 0.0465 e. The molecule has 0 atom stereocenters. The summed E-state index contributed by atoms with van der Waals surface area (Å²) >= 11 is 0. The quantitative estimate of drug-likeness (QED) is 0.170. The molecule has 0 aromatic heterocycles. The van der Waals surface area contributed by atoms with Crippen molar-refractivity contribution in [3.63, 3.8) is 0 Å². The fourth-order valence-electron chi connectivity index (χ4n) is 10.6. The summed E-state index contributed by atoms with van der Waals surface area (Å²) in [7, 11) is 0. The van der Waals surface area contributed by atoms with Crippen molar-refractivity contribution < 1.29 is 0 Å². The topological polar surface area (TPSA) is 3.24 Å². The third-order valence-electron chi connectivity index (χ3n) is 13.9. The zero-order chi connectivity index (χ0) is 39.6. The first-order valence-electron chi connectivity index (χ1n) is 20.8. The van der Waals surface area contributed by atoms with Crippen molar-refractivity contribution in [2.45, 2.75) is 57.8 Å². The first kappa shape index (κ1) is 34.8. The highest BCUT2D eigenvalue weighted by molar-refractivity contribution is 5.91. The number of anilines is 3. The Morgan fingerprint density at radius 3 is 0.983 bits per heavy atom. The Labute approximate surface area is 343 Å². The van der Waals surface area contributed by atoms with Crippen LogP contribution in [0.25, 0.3) is 55.6 Å². The standard InChI is InChI=1S/C57H47N/c1-55(2)49-20-14-13-19-43(49)46-28-23-40(33-52(46)55)58(41-24-29-47-44-26-21-38(36-15-9-7-10-16-36)31-50(44)56(3,4)53(47)34-41)42-25-30-48-45-27-22-39(37-17-11-8-12-18-37)32-51(45)57(5,6)54(48)35-42/h7-35H,1-6H3. The van der Waals surface area contributed by atoms with Crippen molar-refractivity contribution >= 4 is 17.1 Å². The highest BCUT2D eigenvalue weighted by Crippen LogP contribution is 2.55. The molecular weight excluding hydrogens is 699 g/mol. The highest BCUT2D eigenvalue weighted by atomic mass is 15.1. The second-order valence-electron chi connectivity index (χ2n) is 18.2. The van der Waals surface area contributed by atoms with Gasteiger partial charge in [-0.1, -0.05) is 169 Å². The van der Waals surface area contributed by atoms with Crippen molar-refractivity contribution in [3.05, 3.63) is 209 Å². The molecule has 3 aliphatic rings. The Balaban J connectivity index is 1.07. The summed E-state index contributed by atoms with van der Waals surface area (Å²) in [6, 6.07) is 66.1. The number of hydrogen-bond acceptors (Lipinski definition) is 1. The van der Waals surface area contributed by atoms with Gasteiger partial charge in [-0.2, -0.15) is 0 Å². The first-order chi connectivity index (χ1) is 28.0. The maximum absolute atomic E-state index is 2.52. The maximum atomic E-state index is 2.52. The van der Waals surface area contributed by atoms with E-state index in [1.807, 2.05) is 0 Å². The largest absolute Gasteiger partial charge is 0.310 e. The highest BCUT2D eigenvalue weighted by Gasteiger charge is 2.40. The van der Waals surface area contributed by atoms with Gasteiger partial charge in [0.05, 0.1) is 0 Å². The average Bonchev–Trinajstić information content (AvgIpc) is 3.73. The minimum Gasteiger partial charge on any atom is -0.310 e. The van der Waals surface area contributed by atoms with Crippen LogP contribution >= 0.6 is 0 Å². The summed E-state index contributed by atoms with van der Waals surface area (Å²) in [5.41, 5.74) is 24.4. The van der Waals surface area contributed by atoms with Crippen LogP contribution in [0, 0.1) is 0 Å². The summed E-state index contributed by atoms with van der Waals surface area (Å²) in [6.45, 7) is 14.3. The predicted molar refractivity (Wildman–Crippen MR) is 245 cm³/mol. The third-order valence-corrected chi connectivity index (χ3v) is 13.9. The van der Waals surface area contributed by atoms with Crippen LogP contribution < -0.4 is 4.90 Å². The van der Waals surface area contributed by atoms with Crippen molar-refractivity contribution in [1.29, 1.82) is 0 Å². The molecule has 11 rings (SSSR count). The van der Waals surface area contributed by atoms with E-state index in [1.54, 1.807) is 0 Å². The van der Waals surface area contributed by atoms with Gasteiger partial charge in [-0.3, -0.25) is 0 Å². The van der Waals surface area contributed by atoms with Gasteiger partial charge >= 0.3 is 0 Å². The summed E-state index contributed by atoms with van der Waals surface area (Å²) in [5, 5.41) is 0. The average molecular weight is 746 g/mol. The molecule has 0 saturated heterocycles. The van der Waals surface area contributed by atoms with E-state index in [1.165, 1.54) is 106 Å². The second-order valence-corrected chi connectivity index (χ2v) is 18.2. The van der Waals surface area contributed by atoms with Crippen LogP contribution in [0.4, 0.5) is 17.1 Å². The molecule has 1 heteroatoms. The summed E-state index contributed by atoms with van der Waals surface area (Å²) in [4.78, 5) is 2.52. The normalized spacial score (nSPS) is 15.5. The molecule has 0 aliphatic heterocycles. The van der Waals surface area contributed by atoms with Gasteiger partial charge in [-0.05, 0) is 138 Å². The van der Waals surface area contributed by atoms with Crippen LogP contribution in [-0.2, 0) is 16.2 Å². The van der Waals surface area contributed by atoms with Gasteiger partial charge in [-0.25, -0.2) is 0 Å². The van der Waals surface area contributed by atoms with Gasteiger partial charge in [0.1, 0.15) is 0 Å². The molecule has 0 bridgehead atoms. The van der Waals surface area contributed by atoms with Crippen LogP contribution in [-0.4, -0.2) is 0 Å². The van der Waals surface area contributed by atoms with E-state index in [0.29, 0.717) is 0 Å². The lowest BCUT2D eigenvalue weighted by molar-refractivity contribution is 0.659. The fraction of sp³-hybridized carbons (Fsp3) is 0.158. The van der Waals surface area contributed by atoms with Crippen molar-refractivity contribution in [3.8, 4) is 55.6 Å². The molecule has 58 heavy (non-hydrogen) atoms. The molecule has 0 spiro atoms. The van der Waals surface area contributed by atoms with Gasteiger partial charge in [0.2, 0.25) is 0 Å². The van der Waals surface area contributed by atoms with Crippen molar-refractivity contribution in [2.75, 3.05) is 4.90 Å². The van der Waals surface area contributed by atoms with Crippen LogP contribution in [0.3, 0.4) is 0 Å². The molecule has 0 saturated carbocycles. The number of fused-ring (bicyclic) bond motifs is 9. The lowest BCUT2D eigenvalue weighted by atomic mass is 9.81. The fourth-order valence-corrected chi connectivity index (χ4v) is 10.6. The molecule has 280 valence electrons. The molecule has 0 N–H and O–H groups in total. The summed E-state index contributed by atoms with van der Waals surface area (Å²) in [6.07, 6.45) is 0. The molecule has 0 amide bonds. The number of benzene rings is 8.